The van der Waals surface area contributed by atoms with E-state index in [0.717, 1.165) is 10.9 Å². The SMILES string of the molecule is COC(=O)c1cc(C)cc2ccoc12. The van der Waals surface area contributed by atoms with Crippen molar-refractivity contribution in [3.8, 4) is 0 Å². The second kappa shape index (κ2) is 3.18. The fourth-order valence-electron chi connectivity index (χ4n) is 1.49. The van der Waals surface area contributed by atoms with Crippen molar-refractivity contribution in [1.82, 2.24) is 0 Å². The van der Waals surface area contributed by atoms with Gasteiger partial charge in [-0.1, -0.05) is 0 Å². The molecule has 0 aliphatic rings. The Bertz CT molecular complexity index is 482. The van der Waals surface area contributed by atoms with E-state index in [4.69, 9.17) is 4.42 Å². The lowest BCUT2D eigenvalue weighted by Crippen LogP contribution is -2.01. The Kier molecular flexibility index (Phi) is 2.00. The zero-order valence-electron chi connectivity index (χ0n) is 8.03. The minimum absolute atomic E-state index is 0.367. The largest absolute Gasteiger partial charge is 0.465 e. The Morgan fingerprint density at radius 1 is 1.43 bits per heavy atom. The van der Waals surface area contributed by atoms with Crippen LogP contribution in [0.5, 0.6) is 0 Å². The van der Waals surface area contributed by atoms with Gasteiger partial charge in [-0.25, -0.2) is 4.79 Å². The van der Waals surface area contributed by atoms with Gasteiger partial charge in [-0.2, -0.15) is 0 Å². The second-order valence-electron chi connectivity index (χ2n) is 3.14. The molecule has 1 aromatic heterocycles. The average molecular weight is 190 g/mol. The summed E-state index contributed by atoms with van der Waals surface area (Å²) in [5.74, 6) is -0.367. The van der Waals surface area contributed by atoms with Crippen molar-refractivity contribution in [2.75, 3.05) is 7.11 Å². The quantitative estimate of drug-likeness (QED) is 0.648. The number of carbonyl (C=O) groups is 1. The number of ether oxygens (including phenoxy) is 1. The van der Waals surface area contributed by atoms with Gasteiger partial charge in [0.2, 0.25) is 0 Å². The molecule has 14 heavy (non-hydrogen) atoms. The first-order valence-electron chi connectivity index (χ1n) is 4.28. The summed E-state index contributed by atoms with van der Waals surface area (Å²) in [5.41, 5.74) is 2.08. The van der Waals surface area contributed by atoms with Gasteiger partial charge in [-0.3, -0.25) is 0 Å². The molecule has 0 unspecified atom stereocenters. The first kappa shape index (κ1) is 8.81. The van der Waals surface area contributed by atoms with Gasteiger partial charge in [0.05, 0.1) is 13.4 Å². The third-order valence-electron chi connectivity index (χ3n) is 2.10. The summed E-state index contributed by atoms with van der Waals surface area (Å²) in [6, 6.07) is 5.55. The molecular weight excluding hydrogens is 180 g/mol. The molecule has 0 aliphatic carbocycles. The van der Waals surface area contributed by atoms with Crippen LogP contribution in [0.3, 0.4) is 0 Å². The van der Waals surface area contributed by atoms with E-state index in [1.807, 2.05) is 19.1 Å². The summed E-state index contributed by atoms with van der Waals surface area (Å²) in [6.45, 7) is 1.93. The molecule has 0 aliphatic heterocycles. The Morgan fingerprint density at radius 2 is 2.21 bits per heavy atom. The zero-order chi connectivity index (χ0) is 10.1. The van der Waals surface area contributed by atoms with E-state index >= 15 is 0 Å². The van der Waals surface area contributed by atoms with Crippen LogP contribution in [0.2, 0.25) is 0 Å². The van der Waals surface area contributed by atoms with Crippen molar-refractivity contribution in [2.24, 2.45) is 0 Å². The number of fused-ring (bicyclic) bond motifs is 1. The highest BCUT2D eigenvalue weighted by Crippen LogP contribution is 2.22. The summed E-state index contributed by atoms with van der Waals surface area (Å²) in [6.07, 6.45) is 1.57. The monoisotopic (exact) mass is 190 g/mol. The third kappa shape index (κ3) is 1.27. The molecule has 0 amide bonds. The van der Waals surface area contributed by atoms with Crippen LogP contribution in [0, 0.1) is 6.92 Å². The molecule has 0 bridgehead atoms. The highest BCUT2D eigenvalue weighted by molar-refractivity contribution is 6.02. The van der Waals surface area contributed by atoms with Gasteiger partial charge >= 0.3 is 5.97 Å². The summed E-state index contributed by atoms with van der Waals surface area (Å²) in [4.78, 5) is 11.4. The number of carbonyl (C=O) groups excluding carboxylic acids is 1. The summed E-state index contributed by atoms with van der Waals surface area (Å²) in [7, 11) is 1.36. The standard InChI is InChI=1S/C11H10O3/c1-7-5-8-3-4-14-10(8)9(6-7)11(12)13-2/h3-6H,1-2H3. The normalized spacial score (nSPS) is 10.4. The topological polar surface area (TPSA) is 39.4 Å². The molecular formula is C11H10O3. The summed E-state index contributed by atoms with van der Waals surface area (Å²) >= 11 is 0. The van der Waals surface area contributed by atoms with Gasteiger partial charge in [0, 0.05) is 5.39 Å². The van der Waals surface area contributed by atoms with E-state index < -0.39 is 0 Å². The molecule has 0 saturated carbocycles. The average Bonchev–Trinajstić information content (AvgIpc) is 2.62. The number of esters is 1. The summed E-state index contributed by atoms with van der Waals surface area (Å²) < 4.78 is 9.90. The van der Waals surface area contributed by atoms with E-state index in [-0.39, 0.29) is 5.97 Å². The van der Waals surface area contributed by atoms with Crippen LogP contribution >= 0.6 is 0 Å². The lowest BCUT2D eigenvalue weighted by atomic mass is 10.1. The Labute approximate surface area is 81.3 Å². The van der Waals surface area contributed by atoms with Crippen molar-refractivity contribution in [3.63, 3.8) is 0 Å². The molecule has 72 valence electrons. The van der Waals surface area contributed by atoms with Crippen molar-refractivity contribution in [1.29, 1.82) is 0 Å². The van der Waals surface area contributed by atoms with Gasteiger partial charge in [-0.05, 0) is 30.7 Å². The molecule has 2 aromatic rings. The molecule has 0 saturated heterocycles. The minimum Gasteiger partial charge on any atom is -0.465 e. The Balaban J connectivity index is 2.72. The predicted octanol–water partition coefficient (Wildman–Crippen LogP) is 2.53. The zero-order valence-corrected chi connectivity index (χ0v) is 8.03. The van der Waals surface area contributed by atoms with Crippen LogP contribution in [-0.2, 0) is 4.74 Å². The van der Waals surface area contributed by atoms with E-state index in [1.54, 1.807) is 12.3 Å². The molecule has 0 radical (unpaired) electrons. The van der Waals surface area contributed by atoms with Crippen molar-refractivity contribution in [3.05, 3.63) is 35.6 Å². The van der Waals surface area contributed by atoms with E-state index in [2.05, 4.69) is 4.74 Å². The van der Waals surface area contributed by atoms with Crippen LogP contribution in [0.15, 0.2) is 28.9 Å². The van der Waals surface area contributed by atoms with Crippen LogP contribution in [0.25, 0.3) is 11.0 Å². The van der Waals surface area contributed by atoms with E-state index in [1.165, 1.54) is 7.11 Å². The predicted molar refractivity (Wildman–Crippen MR) is 52.3 cm³/mol. The summed E-state index contributed by atoms with van der Waals surface area (Å²) in [5, 5.41) is 0.922. The smallest absolute Gasteiger partial charge is 0.341 e. The fourth-order valence-corrected chi connectivity index (χ4v) is 1.49. The number of methoxy groups -OCH3 is 1. The fraction of sp³-hybridized carbons (Fsp3) is 0.182. The maximum absolute atomic E-state index is 11.4. The molecule has 3 nitrogen and oxygen atoms in total. The van der Waals surface area contributed by atoms with Gasteiger partial charge < -0.3 is 9.15 Å². The van der Waals surface area contributed by atoms with Gasteiger partial charge in [-0.15, -0.1) is 0 Å². The third-order valence-corrected chi connectivity index (χ3v) is 2.10. The molecule has 3 heteroatoms. The number of hydrogen-bond donors (Lipinski definition) is 0. The highest BCUT2D eigenvalue weighted by Gasteiger charge is 2.13. The number of furan rings is 1. The number of benzene rings is 1. The molecule has 0 atom stereocenters. The number of aryl methyl sites for hydroxylation is 1. The lowest BCUT2D eigenvalue weighted by molar-refractivity contribution is 0.0601. The first-order valence-corrected chi connectivity index (χ1v) is 4.28. The van der Waals surface area contributed by atoms with Gasteiger partial charge in [0.1, 0.15) is 11.1 Å². The maximum atomic E-state index is 11.4. The molecule has 0 spiro atoms. The molecule has 2 rings (SSSR count). The van der Waals surface area contributed by atoms with E-state index in [9.17, 15) is 4.79 Å². The Morgan fingerprint density at radius 3 is 2.93 bits per heavy atom. The van der Waals surface area contributed by atoms with Crippen molar-refractivity contribution < 1.29 is 13.9 Å². The lowest BCUT2D eigenvalue weighted by Gasteiger charge is -2.01. The molecule has 1 heterocycles. The van der Waals surface area contributed by atoms with E-state index in [0.29, 0.717) is 11.1 Å². The number of hydrogen-bond acceptors (Lipinski definition) is 3. The molecule has 0 N–H and O–H groups in total. The van der Waals surface area contributed by atoms with Gasteiger partial charge in [0.25, 0.3) is 0 Å². The second-order valence-corrected chi connectivity index (χ2v) is 3.14. The molecule has 1 aromatic carbocycles. The number of rotatable bonds is 1. The van der Waals surface area contributed by atoms with Crippen LogP contribution in [0.1, 0.15) is 15.9 Å². The van der Waals surface area contributed by atoms with Gasteiger partial charge in [0.15, 0.2) is 0 Å². The van der Waals surface area contributed by atoms with Crippen molar-refractivity contribution in [2.45, 2.75) is 6.92 Å². The Hall–Kier alpha value is -1.77. The maximum Gasteiger partial charge on any atom is 0.341 e. The minimum atomic E-state index is -0.367. The van der Waals surface area contributed by atoms with Crippen LogP contribution < -0.4 is 0 Å². The first-order chi connectivity index (χ1) is 6.72. The van der Waals surface area contributed by atoms with Crippen molar-refractivity contribution >= 4 is 16.9 Å². The van der Waals surface area contributed by atoms with Crippen LogP contribution in [0.4, 0.5) is 0 Å². The molecule has 0 fully saturated rings. The van der Waals surface area contributed by atoms with Crippen LogP contribution in [-0.4, -0.2) is 13.1 Å². The highest BCUT2D eigenvalue weighted by atomic mass is 16.5.